The first kappa shape index (κ1) is 17.2. The van der Waals surface area contributed by atoms with Crippen molar-refractivity contribution < 1.29 is 24.3 Å². The molecular weight excluding hydrogens is 304 g/mol. The minimum atomic E-state index is -1.01. The monoisotopic (exact) mass is 326 g/mol. The fourth-order valence-electron chi connectivity index (χ4n) is 3.15. The number of hydrogen-bond acceptors (Lipinski definition) is 5. The second-order valence-electron chi connectivity index (χ2n) is 5.75. The maximum atomic E-state index is 12.6. The topological polar surface area (TPSA) is 133 Å². The Morgan fingerprint density at radius 1 is 1.04 bits per heavy atom. The van der Waals surface area contributed by atoms with Crippen molar-refractivity contribution in [3.63, 3.8) is 0 Å². The molecule has 0 aromatic rings. The number of hydrogen-bond donors (Lipinski definition) is 3. The molecule has 9 heteroatoms. The molecule has 0 radical (unpaired) electrons. The van der Waals surface area contributed by atoms with Gasteiger partial charge in [0, 0.05) is 13.1 Å². The lowest BCUT2D eigenvalue weighted by molar-refractivity contribution is -0.151. The van der Waals surface area contributed by atoms with Crippen molar-refractivity contribution in [1.82, 2.24) is 15.1 Å². The fraction of sp³-hybridized carbons (Fsp3) is 0.714. The summed E-state index contributed by atoms with van der Waals surface area (Å²) in [6, 6.07) is -1.45. The maximum absolute atomic E-state index is 12.6. The van der Waals surface area contributed by atoms with E-state index in [4.69, 9.17) is 5.73 Å². The number of nitrogens with one attached hydrogen (secondary N) is 1. The van der Waals surface area contributed by atoms with Crippen molar-refractivity contribution in [2.75, 3.05) is 26.2 Å². The Hall–Kier alpha value is -2.16. The third kappa shape index (κ3) is 3.79. The molecule has 9 nitrogen and oxygen atoms in total. The number of amides is 3. The highest BCUT2D eigenvalue weighted by atomic mass is 16.4. The van der Waals surface area contributed by atoms with E-state index >= 15 is 0 Å². The van der Waals surface area contributed by atoms with E-state index in [0.717, 1.165) is 0 Å². The highest BCUT2D eigenvalue weighted by Crippen LogP contribution is 2.24. The van der Waals surface area contributed by atoms with Gasteiger partial charge in [-0.3, -0.25) is 14.4 Å². The largest absolute Gasteiger partial charge is 0.480 e. The molecule has 2 fully saturated rings. The van der Waals surface area contributed by atoms with E-state index in [-0.39, 0.29) is 24.9 Å². The quantitative estimate of drug-likeness (QED) is 0.542. The van der Waals surface area contributed by atoms with Gasteiger partial charge in [-0.2, -0.15) is 0 Å². The molecule has 2 aliphatic heterocycles. The molecule has 4 N–H and O–H groups in total. The minimum absolute atomic E-state index is 0.205. The summed E-state index contributed by atoms with van der Waals surface area (Å²) in [6.07, 6.45) is 2.28. The maximum Gasteiger partial charge on any atom is 0.326 e. The number of likely N-dealkylation sites (tertiary alicyclic amines) is 2. The normalized spacial score (nSPS) is 23.9. The summed E-state index contributed by atoms with van der Waals surface area (Å²) in [4.78, 5) is 50.0. The van der Waals surface area contributed by atoms with Crippen LogP contribution in [0, 0.1) is 0 Å². The molecule has 2 heterocycles. The Morgan fingerprint density at radius 2 is 1.65 bits per heavy atom. The van der Waals surface area contributed by atoms with Gasteiger partial charge in [0.25, 0.3) is 0 Å². The van der Waals surface area contributed by atoms with Gasteiger partial charge in [0.15, 0.2) is 0 Å². The second-order valence-corrected chi connectivity index (χ2v) is 5.75. The summed E-state index contributed by atoms with van der Waals surface area (Å²) in [7, 11) is 0. The predicted octanol–water partition coefficient (Wildman–Crippen LogP) is -1.87. The van der Waals surface area contributed by atoms with Gasteiger partial charge in [-0.05, 0) is 25.7 Å². The number of carboxylic acids is 1. The SMILES string of the molecule is NCC(=O)NCC(=O)N1CCC[C@H]1C(=O)N1CCC[C@H]1C(=O)O. The van der Waals surface area contributed by atoms with Crippen LogP contribution in [0.1, 0.15) is 25.7 Å². The smallest absolute Gasteiger partial charge is 0.326 e. The van der Waals surface area contributed by atoms with Crippen LogP contribution in [0.4, 0.5) is 0 Å². The zero-order valence-corrected chi connectivity index (χ0v) is 12.9. The minimum Gasteiger partial charge on any atom is -0.480 e. The molecule has 0 aromatic heterocycles. The second kappa shape index (κ2) is 7.40. The first-order chi connectivity index (χ1) is 11.0. The van der Waals surface area contributed by atoms with Crippen molar-refractivity contribution in [3.05, 3.63) is 0 Å². The van der Waals surface area contributed by atoms with Gasteiger partial charge in [0.2, 0.25) is 17.7 Å². The Balaban J connectivity index is 2.00. The van der Waals surface area contributed by atoms with E-state index in [9.17, 15) is 24.3 Å². The van der Waals surface area contributed by atoms with Gasteiger partial charge in [-0.25, -0.2) is 4.79 Å². The van der Waals surface area contributed by atoms with Crippen molar-refractivity contribution in [1.29, 1.82) is 0 Å². The Labute approximate surface area is 133 Å². The van der Waals surface area contributed by atoms with Crippen LogP contribution < -0.4 is 11.1 Å². The van der Waals surface area contributed by atoms with Crippen molar-refractivity contribution >= 4 is 23.7 Å². The Kier molecular flexibility index (Phi) is 5.54. The van der Waals surface area contributed by atoms with Crippen LogP contribution in [-0.2, 0) is 19.2 Å². The van der Waals surface area contributed by atoms with Crippen molar-refractivity contribution in [2.45, 2.75) is 37.8 Å². The molecule has 2 rings (SSSR count). The lowest BCUT2D eigenvalue weighted by Crippen LogP contribution is -2.52. The number of nitrogens with zero attached hydrogens (tertiary/aromatic N) is 2. The highest BCUT2D eigenvalue weighted by molar-refractivity contribution is 5.92. The van der Waals surface area contributed by atoms with Gasteiger partial charge in [0.05, 0.1) is 13.1 Å². The zero-order valence-electron chi connectivity index (χ0n) is 12.9. The van der Waals surface area contributed by atoms with Gasteiger partial charge in [-0.1, -0.05) is 0 Å². The van der Waals surface area contributed by atoms with Crippen LogP contribution in [0.2, 0.25) is 0 Å². The van der Waals surface area contributed by atoms with Gasteiger partial charge >= 0.3 is 5.97 Å². The molecule has 3 amide bonds. The van der Waals surface area contributed by atoms with Crippen LogP contribution >= 0.6 is 0 Å². The van der Waals surface area contributed by atoms with Gasteiger partial charge in [0.1, 0.15) is 12.1 Å². The summed E-state index contributed by atoms with van der Waals surface area (Å²) in [5.74, 6) is -2.12. The van der Waals surface area contributed by atoms with Gasteiger partial charge < -0.3 is 26.0 Å². The number of carbonyl (C=O) groups excluding carboxylic acids is 3. The van der Waals surface area contributed by atoms with Crippen LogP contribution in [0.3, 0.4) is 0 Å². The number of nitrogens with two attached hydrogens (primary N) is 1. The molecule has 0 unspecified atom stereocenters. The van der Waals surface area contributed by atoms with E-state index in [1.165, 1.54) is 9.80 Å². The molecule has 2 saturated heterocycles. The van der Waals surface area contributed by atoms with E-state index in [1.54, 1.807) is 0 Å². The number of carboxylic acid groups (broad SMARTS) is 1. The third-order valence-corrected chi connectivity index (χ3v) is 4.30. The third-order valence-electron chi connectivity index (χ3n) is 4.30. The van der Waals surface area contributed by atoms with Crippen molar-refractivity contribution in [3.8, 4) is 0 Å². The molecule has 0 saturated carbocycles. The van der Waals surface area contributed by atoms with E-state index in [0.29, 0.717) is 38.8 Å². The molecule has 0 spiro atoms. The van der Waals surface area contributed by atoms with E-state index in [2.05, 4.69) is 5.32 Å². The first-order valence-corrected chi connectivity index (χ1v) is 7.75. The number of carbonyl (C=O) groups is 4. The lowest BCUT2D eigenvalue weighted by Gasteiger charge is -2.30. The van der Waals surface area contributed by atoms with Crippen LogP contribution in [0.5, 0.6) is 0 Å². The van der Waals surface area contributed by atoms with Gasteiger partial charge in [-0.15, -0.1) is 0 Å². The van der Waals surface area contributed by atoms with E-state index in [1.807, 2.05) is 0 Å². The van der Waals surface area contributed by atoms with Crippen LogP contribution in [0.15, 0.2) is 0 Å². The first-order valence-electron chi connectivity index (χ1n) is 7.75. The molecule has 128 valence electrons. The summed E-state index contributed by atoms with van der Waals surface area (Å²) in [5.41, 5.74) is 5.16. The van der Waals surface area contributed by atoms with Crippen LogP contribution in [-0.4, -0.2) is 76.9 Å². The average Bonchev–Trinajstić information content (AvgIpc) is 3.19. The molecule has 2 atom stereocenters. The predicted molar refractivity (Wildman–Crippen MR) is 79.2 cm³/mol. The van der Waals surface area contributed by atoms with E-state index < -0.39 is 24.0 Å². The highest BCUT2D eigenvalue weighted by Gasteiger charge is 2.41. The fourth-order valence-corrected chi connectivity index (χ4v) is 3.15. The number of rotatable bonds is 5. The molecule has 0 aliphatic carbocycles. The zero-order chi connectivity index (χ0) is 17.0. The molecule has 0 aromatic carbocycles. The summed E-state index contributed by atoms with van der Waals surface area (Å²) in [6.45, 7) is 0.420. The Morgan fingerprint density at radius 3 is 2.26 bits per heavy atom. The lowest BCUT2D eigenvalue weighted by atomic mass is 10.1. The van der Waals surface area contributed by atoms with Crippen molar-refractivity contribution in [2.24, 2.45) is 5.73 Å². The average molecular weight is 326 g/mol. The molecule has 0 bridgehead atoms. The molecule has 2 aliphatic rings. The molecular formula is C14H22N4O5. The standard InChI is InChI=1S/C14H22N4O5/c15-7-11(19)16-8-12(20)17-5-1-3-9(17)13(21)18-6-2-4-10(18)14(22)23/h9-10H,1-8,15H2,(H,16,19)(H,22,23)/t9-,10-/m0/s1. The summed E-state index contributed by atoms with van der Waals surface area (Å²) >= 11 is 0. The summed E-state index contributed by atoms with van der Waals surface area (Å²) < 4.78 is 0. The summed E-state index contributed by atoms with van der Waals surface area (Å²) in [5, 5.41) is 11.6. The Bertz CT molecular complexity index is 509. The molecule has 23 heavy (non-hydrogen) atoms. The number of aliphatic carboxylic acids is 1. The van der Waals surface area contributed by atoms with Crippen LogP contribution in [0.25, 0.3) is 0 Å².